The van der Waals surface area contributed by atoms with Crippen LogP contribution < -0.4 is 11.1 Å². The molecule has 0 amide bonds. The van der Waals surface area contributed by atoms with Gasteiger partial charge >= 0.3 is 0 Å². The Morgan fingerprint density at radius 1 is 1.56 bits per heavy atom. The molecule has 0 radical (unpaired) electrons. The van der Waals surface area contributed by atoms with Gasteiger partial charge in [-0.2, -0.15) is 0 Å². The lowest BCUT2D eigenvalue weighted by Crippen LogP contribution is -2.36. The molecule has 0 bridgehead atoms. The van der Waals surface area contributed by atoms with Gasteiger partial charge in [0.15, 0.2) is 0 Å². The minimum atomic E-state index is -0.409. The lowest BCUT2D eigenvalue weighted by atomic mass is 10.2. The van der Waals surface area contributed by atoms with Crippen molar-refractivity contribution in [2.45, 2.75) is 20.1 Å². The maximum Gasteiger partial charge on any atom is 0.107 e. The SMILES string of the molecule is CC(C)C(O)NCCN. The molecule has 0 rings (SSSR count). The predicted molar refractivity (Wildman–Crippen MR) is 37.9 cm³/mol. The van der Waals surface area contributed by atoms with Crippen molar-refractivity contribution in [3.05, 3.63) is 0 Å². The van der Waals surface area contributed by atoms with Crippen molar-refractivity contribution in [1.82, 2.24) is 5.32 Å². The van der Waals surface area contributed by atoms with E-state index in [1.807, 2.05) is 13.8 Å². The van der Waals surface area contributed by atoms with Crippen LogP contribution in [0.5, 0.6) is 0 Å². The molecule has 0 fully saturated rings. The van der Waals surface area contributed by atoms with Crippen LogP contribution in [0.2, 0.25) is 0 Å². The summed E-state index contributed by atoms with van der Waals surface area (Å²) in [6, 6.07) is 0. The minimum absolute atomic E-state index is 0.261. The number of hydrogen-bond acceptors (Lipinski definition) is 3. The molecular weight excluding hydrogens is 116 g/mol. The molecule has 1 unspecified atom stereocenters. The average Bonchev–Trinajstić information content (AvgIpc) is 1.82. The molecule has 56 valence electrons. The van der Waals surface area contributed by atoms with Crippen LogP contribution >= 0.6 is 0 Å². The number of aliphatic hydroxyl groups is 1. The van der Waals surface area contributed by atoms with Crippen LogP contribution in [-0.4, -0.2) is 24.4 Å². The van der Waals surface area contributed by atoms with E-state index in [4.69, 9.17) is 10.8 Å². The van der Waals surface area contributed by atoms with E-state index in [0.29, 0.717) is 13.1 Å². The van der Waals surface area contributed by atoms with Gasteiger partial charge in [-0.25, -0.2) is 0 Å². The van der Waals surface area contributed by atoms with Crippen LogP contribution in [0.15, 0.2) is 0 Å². The summed E-state index contributed by atoms with van der Waals surface area (Å²) in [4.78, 5) is 0. The van der Waals surface area contributed by atoms with Crippen LogP contribution in [0, 0.1) is 5.92 Å². The molecule has 0 aliphatic rings. The highest BCUT2D eigenvalue weighted by Crippen LogP contribution is 1.95. The summed E-state index contributed by atoms with van der Waals surface area (Å²) in [5.41, 5.74) is 5.20. The maximum atomic E-state index is 9.09. The molecule has 0 aromatic carbocycles. The van der Waals surface area contributed by atoms with E-state index >= 15 is 0 Å². The molecule has 0 spiro atoms. The third kappa shape index (κ3) is 4.39. The first kappa shape index (κ1) is 8.88. The Morgan fingerprint density at radius 3 is 2.44 bits per heavy atom. The van der Waals surface area contributed by atoms with Crippen LogP contribution in [0.4, 0.5) is 0 Å². The van der Waals surface area contributed by atoms with E-state index < -0.39 is 6.23 Å². The highest BCUT2D eigenvalue weighted by molar-refractivity contribution is 4.56. The smallest absolute Gasteiger partial charge is 0.107 e. The molecule has 0 aromatic rings. The number of nitrogens with two attached hydrogens (primary N) is 1. The van der Waals surface area contributed by atoms with Gasteiger partial charge < -0.3 is 10.8 Å². The van der Waals surface area contributed by atoms with Crippen molar-refractivity contribution in [3.8, 4) is 0 Å². The standard InChI is InChI=1S/C6H16N2O/c1-5(2)6(9)8-4-3-7/h5-6,8-9H,3-4,7H2,1-2H3. The van der Waals surface area contributed by atoms with Gasteiger partial charge in [0.25, 0.3) is 0 Å². The van der Waals surface area contributed by atoms with Crippen molar-refractivity contribution < 1.29 is 5.11 Å². The summed E-state index contributed by atoms with van der Waals surface area (Å²) in [6.45, 7) is 5.16. The van der Waals surface area contributed by atoms with Gasteiger partial charge in [-0.15, -0.1) is 0 Å². The molecule has 0 heterocycles. The molecule has 0 aromatic heterocycles. The zero-order valence-electron chi connectivity index (χ0n) is 6.09. The quantitative estimate of drug-likeness (QED) is 0.452. The highest BCUT2D eigenvalue weighted by Gasteiger charge is 2.05. The minimum Gasteiger partial charge on any atom is -0.378 e. The zero-order valence-corrected chi connectivity index (χ0v) is 6.09. The van der Waals surface area contributed by atoms with E-state index in [1.165, 1.54) is 0 Å². The van der Waals surface area contributed by atoms with Crippen molar-refractivity contribution in [2.24, 2.45) is 11.7 Å². The molecule has 0 aliphatic heterocycles. The van der Waals surface area contributed by atoms with E-state index in [9.17, 15) is 0 Å². The molecule has 0 aliphatic carbocycles. The maximum absolute atomic E-state index is 9.09. The molecule has 1 atom stereocenters. The summed E-state index contributed by atoms with van der Waals surface area (Å²) in [5.74, 6) is 0.261. The van der Waals surface area contributed by atoms with Gasteiger partial charge in [-0.05, 0) is 5.92 Å². The molecule has 0 saturated carbocycles. The molecule has 3 nitrogen and oxygen atoms in total. The van der Waals surface area contributed by atoms with Crippen LogP contribution in [0.3, 0.4) is 0 Å². The average molecular weight is 132 g/mol. The summed E-state index contributed by atoms with van der Waals surface area (Å²) in [7, 11) is 0. The first-order chi connectivity index (χ1) is 4.18. The molecule has 4 N–H and O–H groups in total. The fourth-order valence-corrected chi connectivity index (χ4v) is 0.467. The third-order valence-corrected chi connectivity index (χ3v) is 1.13. The third-order valence-electron chi connectivity index (χ3n) is 1.13. The lowest BCUT2D eigenvalue weighted by Gasteiger charge is -2.14. The van der Waals surface area contributed by atoms with Crippen LogP contribution in [0.1, 0.15) is 13.8 Å². The van der Waals surface area contributed by atoms with E-state index in [1.54, 1.807) is 0 Å². The van der Waals surface area contributed by atoms with Crippen molar-refractivity contribution in [2.75, 3.05) is 13.1 Å². The molecule has 3 heteroatoms. The summed E-state index contributed by atoms with van der Waals surface area (Å²) >= 11 is 0. The Labute approximate surface area is 56.2 Å². The monoisotopic (exact) mass is 132 g/mol. The normalized spacial score (nSPS) is 14.3. The summed E-state index contributed by atoms with van der Waals surface area (Å²) in [6.07, 6.45) is -0.409. The Morgan fingerprint density at radius 2 is 2.11 bits per heavy atom. The molecule has 9 heavy (non-hydrogen) atoms. The van der Waals surface area contributed by atoms with Gasteiger partial charge in [0, 0.05) is 13.1 Å². The van der Waals surface area contributed by atoms with E-state index in [0.717, 1.165) is 0 Å². The van der Waals surface area contributed by atoms with Gasteiger partial charge in [0.05, 0.1) is 0 Å². The fraction of sp³-hybridized carbons (Fsp3) is 1.00. The van der Waals surface area contributed by atoms with Gasteiger partial charge in [-0.1, -0.05) is 13.8 Å². The number of nitrogens with one attached hydrogen (secondary N) is 1. The first-order valence-electron chi connectivity index (χ1n) is 3.30. The highest BCUT2D eigenvalue weighted by atomic mass is 16.3. The Balaban J connectivity index is 3.16. The second-order valence-corrected chi connectivity index (χ2v) is 2.43. The predicted octanol–water partition coefficient (Wildman–Crippen LogP) is -0.491. The lowest BCUT2D eigenvalue weighted by molar-refractivity contribution is 0.0920. The molecule has 0 saturated heterocycles. The Hall–Kier alpha value is -0.120. The Bertz CT molecular complexity index is 66.1. The van der Waals surface area contributed by atoms with Crippen LogP contribution in [0.25, 0.3) is 0 Å². The number of rotatable bonds is 4. The van der Waals surface area contributed by atoms with E-state index in [-0.39, 0.29) is 5.92 Å². The molecular formula is C6H16N2O. The van der Waals surface area contributed by atoms with Crippen molar-refractivity contribution in [1.29, 1.82) is 0 Å². The number of aliphatic hydroxyl groups excluding tert-OH is 1. The second-order valence-electron chi connectivity index (χ2n) is 2.43. The topological polar surface area (TPSA) is 58.3 Å². The van der Waals surface area contributed by atoms with E-state index in [2.05, 4.69) is 5.32 Å². The van der Waals surface area contributed by atoms with Gasteiger partial charge in [0.2, 0.25) is 0 Å². The summed E-state index contributed by atoms with van der Waals surface area (Å²) in [5, 5.41) is 12.0. The van der Waals surface area contributed by atoms with Gasteiger partial charge in [0.1, 0.15) is 6.23 Å². The Kier molecular flexibility index (Phi) is 4.67. The fourth-order valence-electron chi connectivity index (χ4n) is 0.467. The van der Waals surface area contributed by atoms with Crippen molar-refractivity contribution >= 4 is 0 Å². The summed E-state index contributed by atoms with van der Waals surface area (Å²) < 4.78 is 0. The first-order valence-corrected chi connectivity index (χ1v) is 3.30. The number of hydrogen-bond donors (Lipinski definition) is 3. The van der Waals surface area contributed by atoms with Crippen molar-refractivity contribution in [3.63, 3.8) is 0 Å². The largest absolute Gasteiger partial charge is 0.378 e. The zero-order chi connectivity index (χ0) is 7.28. The van der Waals surface area contributed by atoms with Crippen LogP contribution in [-0.2, 0) is 0 Å². The second kappa shape index (κ2) is 4.73. The van der Waals surface area contributed by atoms with Gasteiger partial charge in [-0.3, -0.25) is 5.32 Å².